The van der Waals surface area contributed by atoms with Gasteiger partial charge in [0.1, 0.15) is 17.6 Å². The fraction of sp³-hybridized carbons (Fsp3) is 0.143. The van der Waals surface area contributed by atoms with Crippen LogP contribution >= 0.6 is 0 Å². The summed E-state index contributed by atoms with van der Waals surface area (Å²) in [4.78, 5) is 24.5. The van der Waals surface area contributed by atoms with Crippen LogP contribution < -0.4 is 15.5 Å². The minimum Gasteiger partial charge on any atom is -0.497 e. The van der Waals surface area contributed by atoms with Crippen LogP contribution in [0.5, 0.6) is 5.75 Å². The van der Waals surface area contributed by atoms with Crippen molar-refractivity contribution in [3.63, 3.8) is 0 Å². The third-order valence-corrected chi connectivity index (χ3v) is 3.99. The summed E-state index contributed by atoms with van der Waals surface area (Å²) in [6.45, 7) is 2.30. The first kappa shape index (κ1) is 17.5. The van der Waals surface area contributed by atoms with Gasteiger partial charge in [0.05, 0.1) is 18.1 Å². The van der Waals surface area contributed by atoms with Crippen LogP contribution in [0.3, 0.4) is 0 Å². The van der Waals surface area contributed by atoms with E-state index in [1.54, 1.807) is 19.2 Å². The van der Waals surface area contributed by atoms with Crippen molar-refractivity contribution in [2.24, 2.45) is 0 Å². The van der Waals surface area contributed by atoms with Gasteiger partial charge in [0.2, 0.25) is 5.91 Å². The molecule has 5 heteroatoms. The van der Waals surface area contributed by atoms with E-state index in [4.69, 9.17) is 9.15 Å². The molecule has 1 heterocycles. The van der Waals surface area contributed by atoms with Crippen molar-refractivity contribution < 1.29 is 13.9 Å². The molecule has 3 rings (SSSR count). The number of ether oxygens (including phenoxy) is 1. The number of nitrogens with one attached hydrogen (secondary N) is 1. The quantitative estimate of drug-likeness (QED) is 0.717. The van der Waals surface area contributed by atoms with Crippen molar-refractivity contribution >= 4 is 23.0 Å². The molecule has 1 amide bonds. The first-order valence-corrected chi connectivity index (χ1v) is 8.18. The Labute approximate surface area is 150 Å². The van der Waals surface area contributed by atoms with Gasteiger partial charge in [0.25, 0.3) is 0 Å². The average molecular weight is 349 g/mol. The van der Waals surface area contributed by atoms with Gasteiger partial charge >= 0.3 is 0 Å². The zero-order chi connectivity index (χ0) is 18.5. The third-order valence-electron chi connectivity index (χ3n) is 3.99. The van der Waals surface area contributed by atoms with Gasteiger partial charge in [-0.1, -0.05) is 23.8 Å². The van der Waals surface area contributed by atoms with Crippen molar-refractivity contribution in [2.75, 3.05) is 7.11 Å². The van der Waals surface area contributed by atoms with Gasteiger partial charge < -0.3 is 14.5 Å². The number of fused-ring (bicyclic) bond motifs is 1. The monoisotopic (exact) mass is 349 g/mol. The number of amides is 1. The SMILES string of the molecule is COc1ccc(CNC(=O)/C=C/c2coc3ccc(C)cc3c2=O)cc1. The summed E-state index contributed by atoms with van der Waals surface area (Å²) in [5.74, 6) is 0.475. The first-order valence-electron chi connectivity index (χ1n) is 8.18. The topological polar surface area (TPSA) is 68.5 Å². The molecular weight excluding hydrogens is 330 g/mol. The standard InChI is InChI=1S/C21H19NO4/c1-14-3-9-19-18(11-14)21(24)16(13-26-19)6-10-20(23)22-12-15-4-7-17(25-2)8-5-15/h3-11,13H,12H2,1-2H3,(H,22,23)/b10-6+. The normalized spacial score (nSPS) is 11.0. The molecule has 0 spiro atoms. The van der Waals surface area contributed by atoms with Crippen LogP contribution in [0.2, 0.25) is 0 Å². The highest BCUT2D eigenvalue weighted by Gasteiger charge is 2.05. The zero-order valence-corrected chi connectivity index (χ0v) is 14.6. The number of hydrogen-bond acceptors (Lipinski definition) is 4. The first-order chi connectivity index (χ1) is 12.6. The highest BCUT2D eigenvalue weighted by Crippen LogP contribution is 2.14. The van der Waals surface area contributed by atoms with Crippen molar-refractivity contribution in [3.8, 4) is 5.75 Å². The Kier molecular flexibility index (Phi) is 5.17. The second-order valence-electron chi connectivity index (χ2n) is 5.92. The molecule has 0 bridgehead atoms. The largest absolute Gasteiger partial charge is 0.497 e. The molecule has 0 aliphatic rings. The van der Waals surface area contributed by atoms with Crippen LogP contribution in [0.1, 0.15) is 16.7 Å². The smallest absolute Gasteiger partial charge is 0.244 e. The van der Waals surface area contributed by atoms with Gasteiger partial charge in [0.15, 0.2) is 5.43 Å². The number of carbonyl (C=O) groups is 1. The molecule has 0 saturated carbocycles. The average Bonchev–Trinajstić information content (AvgIpc) is 2.66. The lowest BCUT2D eigenvalue weighted by Crippen LogP contribution is -2.20. The Morgan fingerprint density at radius 3 is 2.69 bits per heavy atom. The molecule has 2 aromatic carbocycles. The summed E-state index contributed by atoms with van der Waals surface area (Å²) in [6.07, 6.45) is 4.17. The summed E-state index contributed by atoms with van der Waals surface area (Å²) < 4.78 is 10.6. The molecule has 1 N–H and O–H groups in total. The highest BCUT2D eigenvalue weighted by molar-refractivity contribution is 5.92. The number of benzene rings is 2. The predicted octanol–water partition coefficient (Wildman–Crippen LogP) is 3.44. The molecule has 0 saturated heterocycles. The summed E-state index contributed by atoms with van der Waals surface area (Å²) in [5.41, 5.74) is 2.63. The van der Waals surface area contributed by atoms with Gasteiger partial charge in [-0.25, -0.2) is 0 Å². The zero-order valence-electron chi connectivity index (χ0n) is 14.6. The maximum Gasteiger partial charge on any atom is 0.244 e. The van der Waals surface area contributed by atoms with Gasteiger partial charge in [-0.05, 0) is 42.8 Å². The summed E-state index contributed by atoms with van der Waals surface area (Å²) in [7, 11) is 1.60. The van der Waals surface area contributed by atoms with E-state index in [-0.39, 0.29) is 11.3 Å². The molecule has 0 aliphatic carbocycles. The third kappa shape index (κ3) is 4.00. The van der Waals surface area contributed by atoms with Gasteiger partial charge in [-0.2, -0.15) is 0 Å². The van der Waals surface area contributed by atoms with Gasteiger partial charge in [0, 0.05) is 12.6 Å². The maximum absolute atomic E-state index is 12.5. The summed E-state index contributed by atoms with van der Waals surface area (Å²) in [6, 6.07) is 12.8. The van der Waals surface area contributed by atoms with Crippen molar-refractivity contribution in [2.45, 2.75) is 13.5 Å². The minimum atomic E-state index is -0.287. The maximum atomic E-state index is 12.5. The van der Waals surface area contributed by atoms with Gasteiger partial charge in [-0.3, -0.25) is 9.59 Å². The molecule has 0 unspecified atom stereocenters. The van der Waals surface area contributed by atoms with E-state index < -0.39 is 0 Å². The summed E-state index contributed by atoms with van der Waals surface area (Å²) in [5, 5.41) is 3.28. The van der Waals surface area contributed by atoms with Crippen molar-refractivity contribution in [3.05, 3.63) is 81.7 Å². The minimum absolute atomic E-state index is 0.158. The van der Waals surface area contributed by atoms with Crippen LogP contribution in [0.4, 0.5) is 0 Å². The molecule has 132 valence electrons. The number of methoxy groups -OCH3 is 1. The Bertz CT molecular complexity index is 1020. The highest BCUT2D eigenvalue weighted by atomic mass is 16.5. The Morgan fingerprint density at radius 1 is 1.19 bits per heavy atom. The molecule has 0 fully saturated rings. The van der Waals surface area contributed by atoms with E-state index in [9.17, 15) is 9.59 Å². The van der Waals surface area contributed by atoms with Crippen LogP contribution in [0.25, 0.3) is 17.0 Å². The summed E-state index contributed by atoms with van der Waals surface area (Å²) >= 11 is 0. The fourth-order valence-electron chi connectivity index (χ4n) is 2.53. The number of aryl methyl sites for hydroxylation is 1. The molecule has 0 aliphatic heterocycles. The Hall–Kier alpha value is -3.34. The van der Waals surface area contributed by atoms with Crippen LogP contribution in [0, 0.1) is 6.92 Å². The van der Waals surface area contributed by atoms with Crippen molar-refractivity contribution in [1.82, 2.24) is 5.32 Å². The molecule has 5 nitrogen and oxygen atoms in total. The molecular formula is C21H19NO4. The van der Waals surface area contributed by atoms with Crippen LogP contribution in [0.15, 0.2) is 64.0 Å². The number of rotatable bonds is 5. The molecule has 0 radical (unpaired) electrons. The lowest BCUT2D eigenvalue weighted by molar-refractivity contribution is -0.116. The van der Waals surface area contributed by atoms with Gasteiger partial charge in [-0.15, -0.1) is 0 Å². The van der Waals surface area contributed by atoms with E-state index in [1.165, 1.54) is 18.4 Å². The number of hydrogen-bond donors (Lipinski definition) is 1. The van der Waals surface area contributed by atoms with Crippen LogP contribution in [-0.2, 0) is 11.3 Å². The second kappa shape index (κ2) is 7.70. The Morgan fingerprint density at radius 2 is 1.96 bits per heavy atom. The van der Waals surface area contributed by atoms with E-state index in [0.717, 1.165) is 16.9 Å². The lowest BCUT2D eigenvalue weighted by atomic mass is 10.1. The van der Waals surface area contributed by atoms with Crippen molar-refractivity contribution in [1.29, 1.82) is 0 Å². The molecule has 26 heavy (non-hydrogen) atoms. The molecule has 1 aromatic heterocycles. The predicted molar refractivity (Wildman–Crippen MR) is 101 cm³/mol. The van der Waals surface area contributed by atoms with E-state index in [2.05, 4.69) is 5.32 Å². The van der Waals surface area contributed by atoms with E-state index in [1.807, 2.05) is 37.3 Å². The lowest BCUT2D eigenvalue weighted by Gasteiger charge is -2.04. The fourth-order valence-corrected chi connectivity index (χ4v) is 2.53. The van der Waals surface area contributed by atoms with Crippen LogP contribution in [-0.4, -0.2) is 13.0 Å². The molecule has 3 aromatic rings. The van der Waals surface area contributed by atoms with E-state index >= 15 is 0 Å². The Balaban J connectivity index is 1.68. The van der Waals surface area contributed by atoms with E-state index in [0.29, 0.717) is 23.1 Å². The molecule has 0 atom stereocenters. The number of carbonyl (C=O) groups excluding carboxylic acids is 1. The second-order valence-corrected chi connectivity index (χ2v) is 5.92.